The molecule has 0 aliphatic carbocycles. The Hall–Kier alpha value is -3.09. The zero-order valence-corrected chi connectivity index (χ0v) is 18.7. The predicted molar refractivity (Wildman–Crippen MR) is 125 cm³/mol. The average Bonchev–Trinajstić information content (AvgIpc) is 2.74. The van der Waals surface area contributed by atoms with Crippen LogP contribution in [0.2, 0.25) is 5.02 Å². The lowest BCUT2D eigenvalue weighted by atomic mass is 10.0. The lowest BCUT2D eigenvalue weighted by Crippen LogP contribution is -2.61. The van der Waals surface area contributed by atoms with Crippen molar-refractivity contribution >= 4 is 23.3 Å². The smallest absolute Gasteiger partial charge is 0.321 e. The summed E-state index contributed by atoms with van der Waals surface area (Å²) in [5.41, 5.74) is 1.58. The molecule has 1 unspecified atom stereocenters. The fourth-order valence-corrected chi connectivity index (χ4v) is 4.01. The van der Waals surface area contributed by atoms with E-state index < -0.39 is 0 Å². The Kier molecular flexibility index (Phi) is 6.63. The Balaban J connectivity index is 1.28. The van der Waals surface area contributed by atoms with Gasteiger partial charge >= 0.3 is 6.03 Å². The van der Waals surface area contributed by atoms with Crippen LogP contribution in [0.5, 0.6) is 11.5 Å². The van der Waals surface area contributed by atoms with Gasteiger partial charge in [0.15, 0.2) is 0 Å². The van der Waals surface area contributed by atoms with Crippen LogP contribution >= 0.6 is 11.6 Å². The van der Waals surface area contributed by atoms with Crippen molar-refractivity contribution in [2.24, 2.45) is 0 Å². The van der Waals surface area contributed by atoms with E-state index in [-0.39, 0.29) is 23.9 Å². The molecule has 5 nitrogen and oxygen atoms in total. The van der Waals surface area contributed by atoms with Gasteiger partial charge in [-0.2, -0.15) is 0 Å². The minimum absolute atomic E-state index is 0.00969. The number of carbonyl (C=O) groups is 1. The number of likely N-dealkylation sites (tertiary alicyclic amines) is 1. The Morgan fingerprint density at radius 3 is 2.41 bits per heavy atom. The molecule has 0 radical (unpaired) electrons. The van der Waals surface area contributed by atoms with Gasteiger partial charge in [-0.25, -0.2) is 9.18 Å². The number of carbonyl (C=O) groups excluding carboxylic acids is 1. The number of rotatable bonds is 6. The molecular weight excluding hydrogens is 429 g/mol. The summed E-state index contributed by atoms with van der Waals surface area (Å²) < 4.78 is 19.1. The number of likely N-dealkylation sites (N-methyl/N-ethyl adjacent to an activating group) is 1. The first-order valence-electron chi connectivity index (χ1n) is 10.5. The minimum atomic E-state index is -0.347. The summed E-state index contributed by atoms with van der Waals surface area (Å²) in [5, 5.41) is 3.34. The number of amides is 2. The third kappa shape index (κ3) is 5.03. The maximum atomic E-state index is 13.3. The van der Waals surface area contributed by atoms with Gasteiger partial charge in [0.2, 0.25) is 0 Å². The molecular formula is C25H25ClFN3O2. The van der Waals surface area contributed by atoms with E-state index in [1.165, 1.54) is 12.1 Å². The van der Waals surface area contributed by atoms with Gasteiger partial charge in [0.05, 0.1) is 0 Å². The van der Waals surface area contributed by atoms with Crippen molar-refractivity contribution in [1.29, 1.82) is 0 Å². The summed E-state index contributed by atoms with van der Waals surface area (Å²) in [6, 6.07) is 21.4. The summed E-state index contributed by atoms with van der Waals surface area (Å²) in [6.07, 6.45) is 0. The Morgan fingerprint density at radius 1 is 1.09 bits per heavy atom. The van der Waals surface area contributed by atoms with Crippen LogP contribution in [0.1, 0.15) is 18.5 Å². The van der Waals surface area contributed by atoms with E-state index in [9.17, 15) is 9.18 Å². The van der Waals surface area contributed by atoms with Crippen LogP contribution in [0, 0.1) is 5.82 Å². The Bertz CT molecular complexity index is 1070. The van der Waals surface area contributed by atoms with Gasteiger partial charge in [0, 0.05) is 35.9 Å². The van der Waals surface area contributed by atoms with E-state index >= 15 is 0 Å². The lowest BCUT2D eigenvalue weighted by Gasteiger charge is -2.46. The zero-order valence-electron chi connectivity index (χ0n) is 18.0. The zero-order chi connectivity index (χ0) is 22.7. The second-order valence-corrected chi connectivity index (χ2v) is 8.34. The molecule has 3 aromatic rings. The molecule has 1 atom stereocenters. The number of ether oxygens (including phenoxy) is 1. The molecule has 0 bridgehead atoms. The first-order chi connectivity index (χ1) is 15.4. The van der Waals surface area contributed by atoms with Crippen LogP contribution in [-0.4, -0.2) is 42.0 Å². The molecule has 32 heavy (non-hydrogen) atoms. The maximum Gasteiger partial charge on any atom is 0.321 e. The van der Waals surface area contributed by atoms with Crippen LogP contribution in [0.15, 0.2) is 72.8 Å². The summed E-state index contributed by atoms with van der Waals surface area (Å²) in [5.74, 6) is 1.12. The van der Waals surface area contributed by atoms with E-state index in [0.29, 0.717) is 29.5 Å². The van der Waals surface area contributed by atoms with Crippen molar-refractivity contribution in [3.63, 3.8) is 0 Å². The van der Waals surface area contributed by atoms with Crippen LogP contribution < -0.4 is 10.1 Å². The highest BCUT2D eigenvalue weighted by molar-refractivity contribution is 6.31. The molecule has 0 saturated carbocycles. The molecule has 1 aliphatic rings. The van der Waals surface area contributed by atoms with E-state index in [1.54, 1.807) is 11.0 Å². The number of para-hydroxylation sites is 1. The van der Waals surface area contributed by atoms with Crippen LogP contribution in [0.25, 0.3) is 0 Å². The Labute approximate surface area is 192 Å². The normalized spacial score (nSPS) is 14.7. The largest absolute Gasteiger partial charge is 0.457 e. The van der Waals surface area contributed by atoms with Crippen molar-refractivity contribution in [2.45, 2.75) is 19.0 Å². The van der Waals surface area contributed by atoms with Crippen molar-refractivity contribution in [3.8, 4) is 11.5 Å². The average molecular weight is 454 g/mol. The number of nitrogens with one attached hydrogen (secondary N) is 1. The van der Waals surface area contributed by atoms with Crippen LogP contribution in [0.4, 0.5) is 14.9 Å². The topological polar surface area (TPSA) is 44.8 Å². The van der Waals surface area contributed by atoms with E-state index in [2.05, 4.69) is 10.2 Å². The second-order valence-electron chi connectivity index (χ2n) is 7.94. The van der Waals surface area contributed by atoms with Gasteiger partial charge in [-0.15, -0.1) is 0 Å². The molecule has 0 spiro atoms. The molecule has 1 saturated heterocycles. The maximum absolute atomic E-state index is 13.3. The van der Waals surface area contributed by atoms with Crippen LogP contribution in [-0.2, 0) is 0 Å². The minimum Gasteiger partial charge on any atom is -0.457 e. The quantitative estimate of drug-likeness (QED) is 0.484. The third-order valence-electron chi connectivity index (χ3n) is 5.83. The molecule has 0 aromatic heterocycles. The number of halogens is 2. The highest BCUT2D eigenvalue weighted by atomic mass is 35.5. The third-order valence-corrected chi connectivity index (χ3v) is 6.16. The van der Waals surface area contributed by atoms with Gasteiger partial charge in [-0.3, -0.25) is 4.90 Å². The summed E-state index contributed by atoms with van der Waals surface area (Å²) in [6.45, 7) is 3.25. The molecule has 4 rings (SSSR count). The first kappa shape index (κ1) is 22.1. The number of hydrogen-bond donors (Lipinski definition) is 1. The first-order valence-corrected chi connectivity index (χ1v) is 10.8. The fourth-order valence-electron chi connectivity index (χ4n) is 3.69. The molecule has 2 amide bonds. The molecule has 166 valence electrons. The summed E-state index contributed by atoms with van der Waals surface area (Å²) >= 11 is 6.21. The number of anilines is 1. The lowest BCUT2D eigenvalue weighted by molar-refractivity contribution is 0.0559. The highest BCUT2D eigenvalue weighted by Gasteiger charge is 2.35. The number of nitrogens with zero attached hydrogens (tertiary/aromatic N) is 2. The molecule has 7 heteroatoms. The van der Waals surface area contributed by atoms with Gasteiger partial charge < -0.3 is 15.0 Å². The van der Waals surface area contributed by atoms with E-state index in [0.717, 1.165) is 11.3 Å². The SMILES string of the molecule is CC(c1ccc(F)cc1Cl)N(C)C1CN(C(=O)Nc2ccc(Oc3ccccc3)cc2)C1. The predicted octanol–water partition coefficient (Wildman–Crippen LogP) is 6.18. The summed E-state index contributed by atoms with van der Waals surface area (Å²) in [4.78, 5) is 16.5. The molecule has 3 aromatic carbocycles. The molecule has 1 aliphatic heterocycles. The molecule has 1 N–H and O–H groups in total. The monoisotopic (exact) mass is 453 g/mol. The van der Waals surface area contributed by atoms with Crippen molar-refractivity contribution in [3.05, 3.63) is 89.2 Å². The van der Waals surface area contributed by atoms with Gasteiger partial charge in [0.1, 0.15) is 17.3 Å². The summed E-state index contributed by atoms with van der Waals surface area (Å²) in [7, 11) is 2.00. The Morgan fingerprint density at radius 2 is 1.75 bits per heavy atom. The number of hydrogen-bond acceptors (Lipinski definition) is 3. The fraction of sp³-hybridized carbons (Fsp3) is 0.240. The highest BCUT2D eigenvalue weighted by Crippen LogP contribution is 2.30. The number of benzene rings is 3. The number of urea groups is 1. The van der Waals surface area contributed by atoms with Gasteiger partial charge in [-0.1, -0.05) is 35.9 Å². The van der Waals surface area contributed by atoms with Crippen molar-refractivity contribution < 1.29 is 13.9 Å². The van der Waals surface area contributed by atoms with E-state index in [4.69, 9.17) is 16.3 Å². The second kappa shape index (κ2) is 9.59. The van der Waals surface area contributed by atoms with E-state index in [1.807, 2.05) is 68.6 Å². The van der Waals surface area contributed by atoms with Crippen molar-refractivity contribution in [2.75, 3.05) is 25.5 Å². The molecule has 1 heterocycles. The van der Waals surface area contributed by atoms with Crippen molar-refractivity contribution in [1.82, 2.24) is 9.80 Å². The standard InChI is InChI=1S/C25H25ClFN3O2/c1-17(23-13-8-18(27)14-24(23)26)29(2)20-15-30(16-20)25(31)28-19-9-11-22(12-10-19)32-21-6-4-3-5-7-21/h3-14,17,20H,15-16H2,1-2H3,(H,28,31). The van der Waals surface area contributed by atoms with Gasteiger partial charge in [0.25, 0.3) is 0 Å². The molecule has 1 fully saturated rings. The van der Waals surface area contributed by atoms with Gasteiger partial charge in [-0.05, 0) is 68.1 Å². The van der Waals surface area contributed by atoms with Crippen LogP contribution in [0.3, 0.4) is 0 Å².